The molecule has 0 aromatic carbocycles. The maximum Gasteiger partial charge on any atom is 0.173 e. The maximum atomic E-state index is 10.8. The molecule has 0 saturated carbocycles. The second kappa shape index (κ2) is 6.46. The summed E-state index contributed by atoms with van der Waals surface area (Å²) in [5.41, 5.74) is 0. The lowest BCUT2D eigenvalue weighted by Crippen LogP contribution is -2.43. The first-order valence-electron chi connectivity index (χ1n) is 3.23. The van der Waals surface area contributed by atoms with Gasteiger partial charge in [-0.2, -0.15) is 0 Å². The molecular weight excluding hydrogens is 390 g/mol. The molecule has 0 spiro atoms. The first-order chi connectivity index (χ1) is 5.54. The smallest absolute Gasteiger partial charge is 0.173 e. The van der Waals surface area contributed by atoms with Crippen LogP contribution in [0.5, 0.6) is 0 Å². The molecule has 0 saturated heterocycles. The Bertz CT molecular complexity index is 152. The summed E-state index contributed by atoms with van der Waals surface area (Å²) in [6.45, 7) is 0. The number of aliphatic hydroxyl groups excluding tert-OH is 3. The van der Waals surface area contributed by atoms with Crippen LogP contribution in [0.2, 0.25) is 0 Å². The van der Waals surface area contributed by atoms with Crippen molar-refractivity contribution in [2.45, 2.75) is 18.3 Å². The molecule has 0 aromatic rings. The van der Waals surface area contributed by atoms with Crippen LogP contribution in [-0.2, 0) is 4.79 Å². The third-order valence-electron chi connectivity index (χ3n) is 1.34. The quantitative estimate of drug-likeness (QED) is 0.430. The minimum absolute atomic E-state index is 0.129. The fourth-order valence-electron chi connectivity index (χ4n) is 0.571. The normalized spacial score (nSPS) is 18.4. The lowest BCUT2D eigenvalue weighted by molar-refractivity contribution is -0.134. The van der Waals surface area contributed by atoms with Crippen molar-refractivity contribution in [2.75, 3.05) is 8.86 Å². The van der Waals surface area contributed by atoms with E-state index in [1.165, 1.54) is 0 Å². The predicted molar refractivity (Wildman–Crippen MR) is 60.8 cm³/mol. The molecule has 0 aliphatic heterocycles. The molecule has 4 nitrogen and oxygen atoms in total. The summed E-state index contributed by atoms with van der Waals surface area (Å²) in [4.78, 5) is 10.8. The van der Waals surface area contributed by atoms with Gasteiger partial charge in [0.05, 0.1) is 10.5 Å². The van der Waals surface area contributed by atoms with Gasteiger partial charge in [-0.05, 0) is 0 Å². The highest BCUT2D eigenvalue weighted by Crippen LogP contribution is 2.05. The average Bonchev–Trinajstić information content (AvgIpc) is 2.12. The highest BCUT2D eigenvalue weighted by molar-refractivity contribution is 14.1. The van der Waals surface area contributed by atoms with Gasteiger partial charge >= 0.3 is 0 Å². The lowest BCUT2D eigenvalue weighted by Gasteiger charge is -2.19. The Labute approximate surface area is 97.6 Å². The molecule has 0 aliphatic rings. The van der Waals surface area contributed by atoms with Crippen LogP contribution >= 0.6 is 45.2 Å². The number of hydrogen-bond acceptors (Lipinski definition) is 4. The van der Waals surface area contributed by atoms with Crippen LogP contribution in [0.3, 0.4) is 0 Å². The Balaban J connectivity index is 4.08. The molecule has 3 atom stereocenters. The molecule has 0 aliphatic carbocycles. The molecule has 0 heterocycles. The number of halogens is 2. The monoisotopic (exact) mass is 400 g/mol. The zero-order valence-corrected chi connectivity index (χ0v) is 10.5. The number of ketones is 1. The Morgan fingerprint density at radius 1 is 1.25 bits per heavy atom. The number of carbonyl (C=O) groups excluding carboxylic acids is 1. The number of Topliss-reactive ketones (excluding diaryl/α,β-unsaturated/α-hetero) is 1. The number of carbonyl (C=O) groups is 1. The molecular formula is C6H10I2O4. The van der Waals surface area contributed by atoms with Gasteiger partial charge in [-0.15, -0.1) is 0 Å². The highest BCUT2D eigenvalue weighted by atomic mass is 127. The van der Waals surface area contributed by atoms with E-state index >= 15 is 0 Å². The number of aliphatic hydroxyl groups is 3. The van der Waals surface area contributed by atoms with Crippen molar-refractivity contribution >= 4 is 51.0 Å². The second-order valence-corrected chi connectivity index (χ2v) is 3.90. The average molecular weight is 400 g/mol. The molecule has 6 heteroatoms. The van der Waals surface area contributed by atoms with Crippen LogP contribution in [0.15, 0.2) is 0 Å². The van der Waals surface area contributed by atoms with Crippen molar-refractivity contribution in [3.8, 4) is 0 Å². The van der Waals surface area contributed by atoms with Gasteiger partial charge in [0.15, 0.2) is 5.78 Å². The van der Waals surface area contributed by atoms with E-state index < -0.39 is 24.1 Å². The van der Waals surface area contributed by atoms with Crippen molar-refractivity contribution in [1.29, 1.82) is 0 Å². The lowest BCUT2D eigenvalue weighted by atomic mass is 10.1. The Morgan fingerprint density at radius 2 is 1.75 bits per heavy atom. The van der Waals surface area contributed by atoms with Crippen molar-refractivity contribution in [3.05, 3.63) is 0 Å². The Morgan fingerprint density at radius 3 is 2.08 bits per heavy atom. The molecule has 0 fully saturated rings. The largest absolute Gasteiger partial charge is 0.390 e. The summed E-state index contributed by atoms with van der Waals surface area (Å²) in [5.74, 6) is -0.466. The molecule has 0 amide bonds. The van der Waals surface area contributed by atoms with E-state index in [1.807, 2.05) is 22.6 Å². The van der Waals surface area contributed by atoms with Gasteiger partial charge in [0.1, 0.15) is 12.2 Å². The van der Waals surface area contributed by atoms with Gasteiger partial charge in [-0.1, -0.05) is 45.2 Å². The first kappa shape index (κ1) is 13.0. The van der Waals surface area contributed by atoms with E-state index in [0.717, 1.165) is 0 Å². The minimum Gasteiger partial charge on any atom is -0.390 e. The van der Waals surface area contributed by atoms with Crippen LogP contribution < -0.4 is 0 Å². The maximum absolute atomic E-state index is 10.8. The molecule has 72 valence electrons. The van der Waals surface area contributed by atoms with E-state index in [9.17, 15) is 4.79 Å². The van der Waals surface area contributed by atoms with Gasteiger partial charge in [0.2, 0.25) is 0 Å². The summed E-state index contributed by atoms with van der Waals surface area (Å²) >= 11 is 3.66. The molecule has 0 aromatic heterocycles. The zero-order valence-electron chi connectivity index (χ0n) is 6.15. The summed E-state index contributed by atoms with van der Waals surface area (Å²) in [6.07, 6.45) is -3.89. The van der Waals surface area contributed by atoms with Crippen molar-refractivity contribution in [1.82, 2.24) is 0 Å². The van der Waals surface area contributed by atoms with Gasteiger partial charge in [0, 0.05) is 4.43 Å². The fraction of sp³-hybridized carbons (Fsp3) is 0.833. The van der Waals surface area contributed by atoms with Gasteiger partial charge in [-0.3, -0.25) is 4.79 Å². The van der Waals surface area contributed by atoms with Crippen molar-refractivity contribution in [2.24, 2.45) is 0 Å². The zero-order chi connectivity index (χ0) is 9.72. The molecule has 3 N–H and O–H groups in total. The first-order valence-corrected chi connectivity index (χ1v) is 6.28. The summed E-state index contributed by atoms with van der Waals surface area (Å²) in [6, 6.07) is 0. The fourth-order valence-corrected chi connectivity index (χ4v) is 1.54. The standard InChI is InChI=1S/C6H10I2O4/c7-1-3(9)5(11)6(12)4(10)2-8/h3,5-6,9,11-12H,1-2H2/t3-,5+,6+/m1/s1. The molecule has 0 unspecified atom stereocenters. The predicted octanol–water partition coefficient (Wildman–Crippen LogP) is -0.492. The van der Waals surface area contributed by atoms with Crippen molar-refractivity contribution < 1.29 is 20.1 Å². The van der Waals surface area contributed by atoms with Crippen LogP contribution in [0.25, 0.3) is 0 Å². The number of hydrogen-bond donors (Lipinski definition) is 3. The number of rotatable bonds is 5. The van der Waals surface area contributed by atoms with Crippen LogP contribution in [0.4, 0.5) is 0 Å². The van der Waals surface area contributed by atoms with Gasteiger partial charge in [0.25, 0.3) is 0 Å². The molecule has 0 bridgehead atoms. The van der Waals surface area contributed by atoms with E-state index in [2.05, 4.69) is 0 Å². The minimum atomic E-state index is -1.47. The second-order valence-electron chi connectivity index (χ2n) is 2.26. The Kier molecular flexibility index (Phi) is 7.01. The topological polar surface area (TPSA) is 77.8 Å². The Hall–Kier alpha value is 1.01. The van der Waals surface area contributed by atoms with E-state index in [-0.39, 0.29) is 8.86 Å². The summed E-state index contributed by atoms with van der Waals surface area (Å²) in [7, 11) is 0. The van der Waals surface area contributed by atoms with Gasteiger partial charge < -0.3 is 15.3 Å². The molecule has 0 rings (SSSR count). The van der Waals surface area contributed by atoms with Gasteiger partial charge in [-0.25, -0.2) is 0 Å². The van der Waals surface area contributed by atoms with Crippen molar-refractivity contribution in [3.63, 3.8) is 0 Å². The van der Waals surface area contributed by atoms with E-state index in [4.69, 9.17) is 15.3 Å². The summed E-state index contributed by atoms with van der Waals surface area (Å²) in [5, 5.41) is 27.3. The molecule has 12 heavy (non-hydrogen) atoms. The third-order valence-corrected chi connectivity index (χ3v) is 2.99. The highest BCUT2D eigenvalue weighted by Gasteiger charge is 2.28. The third kappa shape index (κ3) is 3.81. The van der Waals surface area contributed by atoms with Crippen LogP contribution in [0, 0.1) is 0 Å². The van der Waals surface area contributed by atoms with Crippen LogP contribution in [0.1, 0.15) is 0 Å². The SMILES string of the molecule is O=C(CI)[C@H](O)[C@@H](O)[C@H](O)CI. The molecule has 0 radical (unpaired) electrons. The van der Waals surface area contributed by atoms with E-state index in [1.54, 1.807) is 22.6 Å². The van der Waals surface area contributed by atoms with Crippen LogP contribution in [-0.4, -0.2) is 48.3 Å². The van der Waals surface area contributed by atoms with E-state index in [0.29, 0.717) is 0 Å². The number of alkyl halides is 2. The summed E-state index contributed by atoms with van der Waals surface area (Å²) < 4.78 is 0.411.